The number of H-pyrrole nitrogens is 1. The fraction of sp³-hybridized carbons (Fsp3) is 0.727. The lowest BCUT2D eigenvalue weighted by atomic mass is 10.3. The van der Waals surface area contributed by atoms with Gasteiger partial charge in [0.25, 0.3) is 0 Å². The van der Waals surface area contributed by atoms with Gasteiger partial charge >= 0.3 is 0 Å². The van der Waals surface area contributed by atoms with Gasteiger partial charge < -0.3 is 5.32 Å². The minimum absolute atomic E-state index is 0.612. The first-order valence-electron chi connectivity index (χ1n) is 5.68. The molecule has 0 amide bonds. The van der Waals surface area contributed by atoms with Crippen molar-refractivity contribution in [2.45, 2.75) is 38.4 Å². The topological polar surface area (TPSA) is 44.0 Å². The van der Waals surface area contributed by atoms with Crippen LogP contribution in [0.1, 0.15) is 25.5 Å². The maximum atomic E-state index is 3.92. The molecule has 1 fully saturated rings. The summed E-state index contributed by atoms with van der Waals surface area (Å²) in [5.41, 5.74) is 1.15. The maximum Gasteiger partial charge on any atom is 0.0490 e. The molecule has 84 valence electrons. The average Bonchev–Trinajstić information content (AvgIpc) is 2.96. The van der Waals surface area contributed by atoms with Crippen molar-refractivity contribution in [2.75, 3.05) is 13.6 Å². The van der Waals surface area contributed by atoms with Crippen LogP contribution in [0.3, 0.4) is 0 Å². The molecule has 1 aliphatic carbocycles. The Morgan fingerprint density at radius 1 is 1.67 bits per heavy atom. The van der Waals surface area contributed by atoms with Crippen LogP contribution >= 0.6 is 0 Å². The van der Waals surface area contributed by atoms with Crippen molar-refractivity contribution in [1.29, 1.82) is 0 Å². The Bertz CT molecular complexity index is 279. The van der Waals surface area contributed by atoms with Crippen LogP contribution in [-0.2, 0) is 6.54 Å². The van der Waals surface area contributed by atoms with E-state index in [2.05, 4.69) is 34.4 Å². The number of likely N-dealkylation sites (N-methyl/N-ethyl adjacent to an activating group) is 1. The van der Waals surface area contributed by atoms with E-state index in [1.165, 1.54) is 12.8 Å². The summed E-state index contributed by atoms with van der Waals surface area (Å²) >= 11 is 0. The van der Waals surface area contributed by atoms with E-state index < -0.39 is 0 Å². The van der Waals surface area contributed by atoms with Gasteiger partial charge in [0.15, 0.2) is 0 Å². The number of rotatable bonds is 6. The number of nitrogens with zero attached hydrogens (tertiary/aromatic N) is 2. The highest BCUT2D eigenvalue weighted by atomic mass is 15.2. The standard InChI is InChI=1S/C11H20N4/c1-9(15(2)11-3-4-11)7-12-8-10-5-6-13-14-10/h5-6,9,11-12H,3-4,7-8H2,1-2H3,(H,13,14). The predicted octanol–water partition coefficient (Wildman–Crippen LogP) is 0.982. The molecule has 1 unspecified atom stereocenters. The van der Waals surface area contributed by atoms with Gasteiger partial charge in [-0.05, 0) is 32.9 Å². The van der Waals surface area contributed by atoms with Gasteiger partial charge in [-0.2, -0.15) is 5.10 Å². The van der Waals surface area contributed by atoms with E-state index >= 15 is 0 Å². The number of hydrogen-bond acceptors (Lipinski definition) is 3. The lowest BCUT2D eigenvalue weighted by molar-refractivity contribution is 0.241. The second kappa shape index (κ2) is 4.77. The van der Waals surface area contributed by atoms with Gasteiger partial charge in [-0.25, -0.2) is 0 Å². The zero-order chi connectivity index (χ0) is 10.7. The van der Waals surface area contributed by atoms with Gasteiger partial charge in [-0.15, -0.1) is 0 Å². The first-order valence-corrected chi connectivity index (χ1v) is 5.68. The highest BCUT2D eigenvalue weighted by Gasteiger charge is 2.28. The van der Waals surface area contributed by atoms with Crippen LogP contribution in [0.15, 0.2) is 12.3 Å². The van der Waals surface area contributed by atoms with Crippen LogP contribution in [0, 0.1) is 0 Å². The zero-order valence-corrected chi connectivity index (χ0v) is 9.53. The Hall–Kier alpha value is -0.870. The molecule has 0 saturated heterocycles. The van der Waals surface area contributed by atoms with Gasteiger partial charge in [0.2, 0.25) is 0 Å². The van der Waals surface area contributed by atoms with E-state index in [1.54, 1.807) is 6.20 Å². The molecule has 1 heterocycles. The molecule has 2 N–H and O–H groups in total. The molecule has 15 heavy (non-hydrogen) atoms. The first-order chi connectivity index (χ1) is 7.27. The Kier molecular flexibility index (Phi) is 3.38. The van der Waals surface area contributed by atoms with Gasteiger partial charge in [-0.1, -0.05) is 0 Å². The summed E-state index contributed by atoms with van der Waals surface area (Å²) in [6.45, 7) is 4.19. The summed E-state index contributed by atoms with van der Waals surface area (Å²) in [7, 11) is 2.22. The molecule has 0 bridgehead atoms. The quantitative estimate of drug-likeness (QED) is 0.732. The maximum absolute atomic E-state index is 3.92. The van der Waals surface area contributed by atoms with Gasteiger partial charge in [0, 0.05) is 37.1 Å². The second-order valence-corrected chi connectivity index (χ2v) is 4.46. The third-order valence-corrected chi connectivity index (χ3v) is 3.13. The van der Waals surface area contributed by atoms with E-state index in [9.17, 15) is 0 Å². The van der Waals surface area contributed by atoms with Crippen molar-refractivity contribution in [1.82, 2.24) is 20.4 Å². The highest BCUT2D eigenvalue weighted by molar-refractivity contribution is 4.96. The summed E-state index contributed by atoms with van der Waals surface area (Å²) in [4.78, 5) is 2.47. The summed E-state index contributed by atoms with van der Waals surface area (Å²) < 4.78 is 0. The summed E-state index contributed by atoms with van der Waals surface area (Å²) in [6, 6.07) is 3.46. The molecule has 0 aromatic carbocycles. The Balaban J connectivity index is 1.64. The van der Waals surface area contributed by atoms with Crippen LogP contribution in [0.25, 0.3) is 0 Å². The van der Waals surface area contributed by atoms with Crippen molar-refractivity contribution < 1.29 is 0 Å². The molecule has 1 aromatic rings. The molecular formula is C11H20N4. The summed E-state index contributed by atoms with van der Waals surface area (Å²) in [5.74, 6) is 0. The van der Waals surface area contributed by atoms with E-state index in [1.807, 2.05) is 6.07 Å². The van der Waals surface area contributed by atoms with Crippen LogP contribution in [0.2, 0.25) is 0 Å². The Morgan fingerprint density at radius 2 is 2.47 bits per heavy atom. The van der Waals surface area contributed by atoms with E-state index in [4.69, 9.17) is 0 Å². The zero-order valence-electron chi connectivity index (χ0n) is 9.53. The minimum atomic E-state index is 0.612. The molecule has 0 spiro atoms. The summed E-state index contributed by atoms with van der Waals surface area (Å²) in [6.07, 6.45) is 4.54. The van der Waals surface area contributed by atoms with Crippen molar-refractivity contribution >= 4 is 0 Å². The third-order valence-electron chi connectivity index (χ3n) is 3.13. The lowest BCUT2D eigenvalue weighted by Crippen LogP contribution is -2.38. The molecule has 0 radical (unpaired) electrons. The van der Waals surface area contributed by atoms with E-state index in [0.717, 1.165) is 24.8 Å². The number of aromatic nitrogens is 2. The van der Waals surface area contributed by atoms with Gasteiger partial charge in [-0.3, -0.25) is 10.00 Å². The number of aromatic amines is 1. The second-order valence-electron chi connectivity index (χ2n) is 4.46. The monoisotopic (exact) mass is 208 g/mol. The molecule has 1 aliphatic rings. The first kappa shape index (κ1) is 10.6. The fourth-order valence-electron chi connectivity index (χ4n) is 1.78. The van der Waals surface area contributed by atoms with Crippen LogP contribution in [-0.4, -0.2) is 40.8 Å². The van der Waals surface area contributed by atoms with Gasteiger partial charge in [0.05, 0.1) is 0 Å². The van der Waals surface area contributed by atoms with Crippen LogP contribution in [0.5, 0.6) is 0 Å². The fourth-order valence-corrected chi connectivity index (χ4v) is 1.78. The molecule has 0 aliphatic heterocycles. The largest absolute Gasteiger partial charge is 0.310 e. The highest BCUT2D eigenvalue weighted by Crippen LogP contribution is 2.26. The van der Waals surface area contributed by atoms with E-state index in [0.29, 0.717) is 6.04 Å². The molecule has 4 nitrogen and oxygen atoms in total. The van der Waals surface area contributed by atoms with E-state index in [-0.39, 0.29) is 0 Å². The number of hydrogen-bond donors (Lipinski definition) is 2. The minimum Gasteiger partial charge on any atom is -0.310 e. The lowest BCUT2D eigenvalue weighted by Gasteiger charge is -2.24. The van der Waals surface area contributed by atoms with Crippen LogP contribution in [0.4, 0.5) is 0 Å². The van der Waals surface area contributed by atoms with Crippen molar-refractivity contribution in [3.05, 3.63) is 18.0 Å². The molecule has 1 saturated carbocycles. The molecule has 1 atom stereocenters. The van der Waals surface area contributed by atoms with Crippen molar-refractivity contribution in [3.63, 3.8) is 0 Å². The third kappa shape index (κ3) is 3.04. The Morgan fingerprint density at radius 3 is 3.07 bits per heavy atom. The van der Waals surface area contributed by atoms with Crippen LogP contribution < -0.4 is 5.32 Å². The Labute approximate surface area is 91.1 Å². The summed E-state index contributed by atoms with van der Waals surface area (Å²) in [5, 5.41) is 10.3. The van der Waals surface area contributed by atoms with Crippen molar-refractivity contribution in [3.8, 4) is 0 Å². The normalized spacial score (nSPS) is 18.3. The smallest absolute Gasteiger partial charge is 0.0490 e. The van der Waals surface area contributed by atoms with Crippen molar-refractivity contribution in [2.24, 2.45) is 0 Å². The molecule has 1 aromatic heterocycles. The predicted molar refractivity (Wildman–Crippen MR) is 60.5 cm³/mol. The molecule has 2 rings (SSSR count). The molecular weight excluding hydrogens is 188 g/mol. The average molecular weight is 208 g/mol. The molecule has 4 heteroatoms. The SMILES string of the molecule is CC(CNCc1ccn[nH]1)N(C)C1CC1. The number of nitrogens with one attached hydrogen (secondary N) is 2. The van der Waals surface area contributed by atoms with Gasteiger partial charge in [0.1, 0.15) is 0 Å².